The summed E-state index contributed by atoms with van der Waals surface area (Å²) < 4.78 is 23.1. The highest BCUT2D eigenvalue weighted by Gasteiger charge is 2.25. The number of unbranched alkanes of at least 4 members (excludes halogenated alkanes) is 56. The van der Waals surface area contributed by atoms with Gasteiger partial charge in [0.05, 0.1) is 34.4 Å². The van der Waals surface area contributed by atoms with Crippen molar-refractivity contribution in [2.45, 2.75) is 424 Å². The van der Waals surface area contributed by atoms with Crippen LogP contribution >= 0.6 is 0 Å². The molecule has 0 spiro atoms. The van der Waals surface area contributed by atoms with Crippen molar-refractivity contribution in [1.82, 2.24) is 0 Å². The van der Waals surface area contributed by atoms with Crippen LogP contribution in [0.2, 0.25) is 0 Å². The molecule has 2 unspecified atom stereocenters. The molecule has 0 amide bonds. The second-order valence-electron chi connectivity index (χ2n) is 28.4. The third-order valence-corrected chi connectivity index (χ3v) is 18.2. The smallest absolute Gasteiger partial charge is 0.361 e. The van der Waals surface area contributed by atoms with Crippen molar-refractivity contribution in [2.75, 3.05) is 47.5 Å². The number of ether oxygens (including phenoxy) is 4. The van der Waals surface area contributed by atoms with E-state index in [-0.39, 0.29) is 38.2 Å². The Morgan fingerprint density at radius 1 is 0.337 bits per heavy atom. The Kier molecular flexibility index (Phi) is 69.8. The predicted molar refractivity (Wildman–Crippen MR) is 383 cm³/mol. The van der Waals surface area contributed by atoms with Crippen LogP contribution in [0.15, 0.2) is 24.3 Å². The van der Waals surface area contributed by atoms with Crippen LogP contribution in [0.3, 0.4) is 0 Å². The monoisotopic (exact) mass is 1260 g/mol. The van der Waals surface area contributed by atoms with E-state index in [2.05, 4.69) is 38.2 Å². The van der Waals surface area contributed by atoms with E-state index >= 15 is 0 Å². The van der Waals surface area contributed by atoms with Crippen molar-refractivity contribution in [2.24, 2.45) is 0 Å². The van der Waals surface area contributed by atoms with Crippen LogP contribution in [-0.4, -0.2) is 87.4 Å². The van der Waals surface area contributed by atoms with Gasteiger partial charge in [-0.2, -0.15) is 0 Å². The van der Waals surface area contributed by atoms with Crippen molar-refractivity contribution in [1.29, 1.82) is 0 Å². The first-order valence-corrected chi connectivity index (χ1v) is 39.5. The van der Waals surface area contributed by atoms with Crippen LogP contribution < -0.4 is 0 Å². The lowest BCUT2D eigenvalue weighted by Gasteiger charge is -2.25. The zero-order valence-electron chi connectivity index (χ0n) is 60.4. The average molecular weight is 1260 g/mol. The quantitative estimate of drug-likeness (QED) is 0.0211. The molecule has 0 heterocycles. The van der Waals surface area contributed by atoms with Gasteiger partial charge >= 0.3 is 17.9 Å². The first-order chi connectivity index (χ1) is 43.6. The Balaban J connectivity index is 3.97. The van der Waals surface area contributed by atoms with Crippen LogP contribution in [0.5, 0.6) is 0 Å². The molecule has 0 aliphatic rings. The first-order valence-electron chi connectivity index (χ1n) is 39.5. The highest BCUT2D eigenvalue weighted by atomic mass is 16.7. The maximum Gasteiger partial charge on any atom is 0.361 e. The Bertz CT molecular complexity index is 1510. The van der Waals surface area contributed by atoms with E-state index in [1.54, 1.807) is 0 Å². The topological polar surface area (TPSA) is 108 Å². The molecule has 0 aromatic rings. The second-order valence-corrected chi connectivity index (χ2v) is 28.4. The van der Waals surface area contributed by atoms with Crippen molar-refractivity contribution < 1.29 is 42.9 Å². The number of quaternary nitrogens is 1. The average Bonchev–Trinajstić information content (AvgIpc) is 3.64. The lowest BCUT2D eigenvalue weighted by atomic mass is 10.0. The summed E-state index contributed by atoms with van der Waals surface area (Å²) >= 11 is 0. The van der Waals surface area contributed by atoms with Crippen LogP contribution in [0.4, 0.5) is 0 Å². The van der Waals surface area contributed by atoms with Crippen LogP contribution in [-0.2, 0) is 33.3 Å². The Hall–Kier alpha value is -2.23. The third-order valence-electron chi connectivity index (χ3n) is 18.2. The number of carbonyl (C=O) groups is 3. The van der Waals surface area contributed by atoms with E-state index in [0.29, 0.717) is 17.4 Å². The Morgan fingerprint density at radius 2 is 0.607 bits per heavy atom. The van der Waals surface area contributed by atoms with E-state index in [0.717, 1.165) is 44.9 Å². The number of rotatable bonds is 75. The highest BCUT2D eigenvalue weighted by molar-refractivity contribution is 5.71. The fourth-order valence-corrected chi connectivity index (χ4v) is 12.2. The molecule has 89 heavy (non-hydrogen) atoms. The van der Waals surface area contributed by atoms with Crippen LogP contribution in [0.1, 0.15) is 412 Å². The molecular weight excluding hydrogens is 1100 g/mol. The molecule has 0 rings (SSSR count). The SMILES string of the molecule is CCCCCCC/C=C\C/C=C\CCCCCCCCCCCCCCCCCCCCCCCCCC(=O)OC(COC(=O)CCCCCCCCCCCCCCCCCCCCCCCCCCCCCCC)COC(OCC[N+](C)(C)C)C(=O)O. The number of carboxylic acids is 1. The molecule has 0 aromatic carbocycles. The summed E-state index contributed by atoms with van der Waals surface area (Å²) in [7, 11) is 6.00. The van der Waals surface area contributed by atoms with Crippen molar-refractivity contribution in [3.05, 3.63) is 24.3 Å². The summed E-state index contributed by atoms with van der Waals surface area (Å²) in [6.45, 7) is 4.96. The molecule has 2 atom stereocenters. The van der Waals surface area contributed by atoms with E-state index in [1.807, 2.05) is 21.1 Å². The summed E-state index contributed by atoms with van der Waals surface area (Å²) in [5, 5.41) is 9.77. The largest absolute Gasteiger partial charge is 0.477 e. The maximum atomic E-state index is 13.0. The summed E-state index contributed by atoms with van der Waals surface area (Å²) in [5.41, 5.74) is 0. The fourth-order valence-electron chi connectivity index (χ4n) is 12.2. The number of aliphatic carboxylic acids is 1. The summed E-state index contributed by atoms with van der Waals surface area (Å²) in [4.78, 5) is 37.7. The molecule has 1 N–H and O–H groups in total. The summed E-state index contributed by atoms with van der Waals surface area (Å²) in [6.07, 6.45) is 87.6. The third kappa shape index (κ3) is 73.1. The van der Waals surface area contributed by atoms with Gasteiger partial charge in [-0.15, -0.1) is 0 Å². The van der Waals surface area contributed by atoms with Gasteiger partial charge < -0.3 is 28.5 Å². The van der Waals surface area contributed by atoms with E-state index in [4.69, 9.17) is 18.9 Å². The van der Waals surface area contributed by atoms with E-state index in [9.17, 15) is 19.5 Å². The molecule has 0 saturated heterocycles. The van der Waals surface area contributed by atoms with Gasteiger partial charge in [-0.3, -0.25) is 9.59 Å². The maximum absolute atomic E-state index is 13.0. The number of carbonyl (C=O) groups excluding carboxylic acids is 2. The highest BCUT2D eigenvalue weighted by Crippen LogP contribution is 2.20. The zero-order chi connectivity index (χ0) is 64.7. The number of nitrogens with zero attached hydrogens (tertiary/aromatic N) is 1. The Morgan fingerprint density at radius 3 is 0.888 bits per heavy atom. The molecule has 9 heteroatoms. The number of hydrogen-bond acceptors (Lipinski definition) is 7. The van der Waals surface area contributed by atoms with Gasteiger partial charge in [0.15, 0.2) is 6.10 Å². The van der Waals surface area contributed by atoms with Gasteiger partial charge in [-0.1, -0.05) is 378 Å². The fraction of sp³-hybridized carbons (Fsp3) is 0.912. The molecule has 0 bridgehead atoms. The second kappa shape index (κ2) is 71.6. The standard InChI is InChI=1S/C80H153NO8/c1-6-8-10-12-14-16-18-20-22-24-26-28-30-32-34-36-37-38-39-40-41-43-45-47-49-51-53-55-57-59-61-63-65-67-69-71-78(83)89-76(75-88-80(79(84)85)86-73-72-81(3,4)5)74-87-77(82)70-68-66-64-62-60-58-56-54-52-50-48-46-44-42-35-33-31-29-27-25-23-21-19-17-15-13-11-9-7-2/h18,20,24,26,76,80H,6-17,19,21-23,25,27-75H2,1-5H3/p+1/b20-18-,26-24-. The van der Waals surface area contributed by atoms with Gasteiger partial charge in [0, 0.05) is 12.8 Å². The van der Waals surface area contributed by atoms with Gasteiger partial charge in [0.25, 0.3) is 6.29 Å². The number of hydrogen-bond donors (Lipinski definition) is 1. The molecule has 0 fully saturated rings. The number of allylic oxidation sites excluding steroid dienone is 4. The van der Waals surface area contributed by atoms with Crippen molar-refractivity contribution in [3.8, 4) is 0 Å². The van der Waals surface area contributed by atoms with Crippen LogP contribution in [0, 0.1) is 0 Å². The number of carboxylic acid groups (broad SMARTS) is 1. The van der Waals surface area contributed by atoms with Gasteiger partial charge in [0.2, 0.25) is 0 Å². The zero-order valence-corrected chi connectivity index (χ0v) is 60.4. The minimum Gasteiger partial charge on any atom is -0.477 e. The first kappa shape index (κ1) is 86.8. The molecule has 0 saturated carbocycles. The molecule has 0 aromatic heterocycles. The molecule has 526 valence electrons. The molecular formula is C80H154NO8+. The number of likely N-dealkylation sites (N-methyl/N-ethyl adjacent to an activating group) is 1. The van der Waals surface area contributed by atoms with Crippen molar-refractivity contribution in [3.63, 3.8) is 0 Å². The molecule has 0 radical (unpaired) electrons. The molecule has 0 aliphatic heterocycles. The number of esters is 2. The summed E-state index contributed by atoms with van der Waals surface area (Å²) in [5.74, 6) is -1.97. The van der Waals surface area contributed by atoms with Gasteiger partial charge in [0.1, 0.15) is 13.2 Å². The Labute approximate surface area is 554 Å². The normalized spacial score (nSPS) is 12.7. The van der Waals surface area contributed by atoms with E-state index in [1.165, 1.54) is 340 Å². The molecule has 9 nitrogen and oxygen atoms in total. The lowest BCUT2D eigenvalue weighted by molar-refractivity contribution is -0.870. The van der Waals surface area contributed by atoms with Gasteiger partial charge in [-0.25, -0.2) is 4.79 Å². The molecule has 0 aliphatic carbocycles. The lowest BCUT2D eigenvalue weighted by Crippen LogP contribution is -2.40. The predicted octanol–water partition coefficient (Wildman–Crippen LogP) is 24.9. The van der Waals surface area contributed by atoms with Crippen molar-refractivity contribution >= 4 is 17.9 Å². The van der Waals surface area contributed by atoms with Crippen LogP contribution in [0.25, 0.3) is 0 Å². The minimum absolute atomic E-state index is 0.174. The van der Waals surface area contributed by atoms with E-state index < -0.39 is 18.4 Å². The van der Waals surface area contributed by atoms with Gasteiger partial charge in [-0.05, 0) is 44.9 Å². The minimum atomic E-state index is -1.51. The summed E-state index contributed by atoms with van der Waals surface area (Å²) in [6, 6.07) is 0.